The van der Waals surface area contributed by atoms with Gasteiger partial charge in [0.25, 0.3) is 11.4 Å². The van der Waals surface area contributed by atoms with Gasteiger partial charge in [-0.15, -0.1) is 0 Å². The first kappa shape index (κ1) is 23.2. The zero-order valence-corrected chi connectivity index (χ0v) is 5.76. The van der Waals surface area contributed by atoms with Crippen molar-refractivity contribution in [3.05, 3.63) is 0 Å². The van der Waals surface area contributed by atoms with E-state index in [1.165, 1.54) is 0 Å². The molecule has 0 heterocycles. The minimum atomic E-state index is -2.61. The van der Waals surface area contributed by atoms with Crippen LogP contribution in [-0.4, -0.2) is 92.2 Å². The van der Waals surface area contributed by atoms with Crippen LogP contribution in [0.15, 0.2) is 0 Å². The van der Waals surface area contributed by atoms with Crippen LogP contribution in [-0.2, 0) is 22.4 Å². The van der Waals surface area contributed by atoms with E-state index in [2.05, 4.69) is 0 Å². The first-order valence-electron chi connectivity index (χ1n) is 1.49. The Morgan fingerprint density at radius 2 is 1.09 bits per heavy atom. The molecule has 1 unspecified atom stereocenters. The predicted molar refractivity (Wildman–Crippen MR) is 45.6 cm³/mol. The van der Waals surface area contributed by atoms with Gasteiger partial charge in [-0.3, -0.25) is 9.11 Å². The summed E-state index contributed by atoms with van der Waals surface area (Å²) in [4.78, 5) is 0. The second kappa shape index (κ2) is 18.0. The van der Waals surface area contributed by atoms with Crippen LogP contribution < -0.4 is 0 Å². The zero-order valence-electron chi connectivity index (χ0n) is 4.13. The van der Waals surface area contributed by atoms with Gasteiger partial charge in [0.2, 0.25) is 0 Å². The van der Waals surface area contributed by atoms with Gasteiger partial charge in [-0.25, -0.2) is 4.21 Å². The summed E-state index contributed by atoms with van der Waals surface area (Å²) < 4.78 is 39.6. The summed E-state index contributed by atoms with van der Waals surface area (Å²) in [6.45, 7) is 0. The Labute approximate surface area is 113 Å². The molecule has 0 spiro atoms. The summed E-state index contributed by atoms with van der Waals surface area (Å²) in [6, 6.07) is 0. The third kappa shape index (κ3) is 72.8. The Balaban J connectivity index is -0.0000000383. The van der Waals surface area contributed by atoms with Crippen molar-refractivity contribution in [1.82, 2.24) is 0 Å². The summed E-state index contributed by atoms with van der Waals surface area (Å²) in [5.41, 5.74) is 0. The van der Waals surface area contributed by atoms with Gasteiger partial charge in [0.15, 0.2) is 11.1 Å². The maximum absolute atomic E-state index is 9.23. The molecule has 6 nitrogen and oxygen atoms in total. The summed E-state index contributed by atoms with van der Waals surface area (Å²) in [7, 11) is 0. The van der Waals surface area contributed by atoms with Gasteiger partial charge < -0.3 is 9.66 Å². The van der Waals surface area contributed by atoms with E-state index in [1.807, 2.05) is 0 Å². The second-order valence-corrected chi connectivity index (χ2v) is 2.04. The fourth-order valence-corrected chi connectivity index (χ4v) is 0. The van der Waals surface area contributed by atoms with E-state index in [-0.39, 0.29) is 59.1 Å². The van der Waals surface area contributed by atoms with Crippen LogP contribution in [0, 0.1) is 0 Å². The first-order chi connectivity index (χ1) is 4.00. The normalized spacial score (nSPS) is 9.91. The van der Waals surface area contributed by atoms with Gasteiger partial charge in [0.1, 0.15) is 5.94 Å². The van der Waals surface area contributed by atoms with Gasteiger partial charge in [0, 0.05) is 0 Å². The molecule has 11 heavy (non-hydrogen) atoms. The number of hydrogen-bond donors (Lipinski definition) is 4. The molecule has 10 heteroatoms. The van der Waals surface area contributed by atoms with Crippen molar-refractivity contribution in [2.75, 3.05) is 5.94 Å². The van der Waals surface area contributed by atoms with Crippen LogP contribution in [0.1, 0.15) is 0 Å². The van der Waals surface area contributed by atoms with Gasteiger partial charge in [-0.2, -0.15) is 4.21 Å². The topological polar surface area (TPSA) is 115 Å². The first-order valence-corrected chi connectivity index (χ1v) is 3.83. The van der Waals surface area contributed by atoms with Crippen LogP contribution in [0.2, 0.25) is 0 Å². The standard InChI is InChI=1S/CH4O3S.2Na.H2O3S.2H/c2-1-5(3)4;;;1-4(2)3;;/h2H,1H2,(H,3,4);;;(H2,1,2,3);;. The summed E-state index contributed by atoms with van der Waals surface area (Å²) >= 11 is -4.63. The molecule has 4 N–H and O–H groups in total. The third-order valence-corrected chi connectivity index (χ3v) is 0.331. The average molecular weight is 226 g/mol. The van der Waals surface area contributed by atoms with E-state index in [0.29, 0.717) is 0 Å². The number of rotatable bonds is 1. The van der Waals surface area contributed by atoms with Gasteiger partial charge >= 0.3 is 59.1 Å². The Hall–Kier alpha value is 2.14. The Morgan fingerprint density at radius 3 is 1.09 bits per heavy atom. The van der Waals surface area contributed by atoms with Crippen molar-refractivity contribution in [3.8, 4) is 0 Å². The third-order valence-electron chi connectivity index (χ3n) is 0.110. The quantitative estimate of drug-likeness (QED) is 0.291. The van der Waals surface area contributed by atoms with E-state index in [1.54, 1.807) is 0 Å². The van der Waals surface area contributed by atoms with E-state index in [4.69, 9.17) is 23.0 Å². The predicted octanol–water partition coefficient (Wildman–Crippen LogP) is -2.46. The number of hydrogen-bond acceptors (Lipinski definition) is 3. The molecular weight excluding hydrogens is 218 g/mol. The van der Waals surface area contributed by atoms with E-state index in [9.17, 15) is 4.21 Å². The fourth-order valence-electron chi connectivity index (χ4n) is 0. The zero-order chi connectivity index (χ0) is 7.86. The molecule has 0 saturated carbocycles. The second-order valence-electron chi connectivity index (χ2n) is 0.681. The minimum absolute atomic E-state index is 0. The molecule has 0 aromatic carbocycles. The summed E-state index contributed by atoms with van der Waals surface area (Å²) in [5.74, 6) is -0.667. The van der Waals surface area contributed by atoms with Gasteiger partial charge in [-0.05, 0) is 0 Å². The Kier molecular flexibility index (Phi) is 38.0. The SMILES string of the molecule is O=S(O)CO.O=S(O)O.[NaH].[NaH]. The van der Waals surface area contributed by atoms with Gasteiger partial charge in [-0.1, -0.05) is 0 Å². The van der Waals surface area contributed by atoms with Crippen LogP contribution in [0.25, 0.3) is 0 Å². The van der Waals surface area contributed by atoms with Crippen molar-refractivity contribution >= 4 is 81.6 Å². The molecule has 0 aliphatic carbocycles. The molecule has 0 radical (unpaired) electrons. The molecule has 1 atom stereocenters. The van der Waals surface area contributed by atoms with Gasteiger partial charge in [0.05, 0.1) is 0 Å². The monoisotopic (exact) mass is 226 g/mol. The molecule has 0 bridgehead atoms. The van der Waals surface area contributed by atoms with Crippen molar-refractivity contribution in [3.63, 3.8) is 0 Å². The molecule has 0 aromatic rings. The van der Waals surface area contributed by atoms with Crippen molar-refractivity contribution in [2.24, 2.45) is 0 Å². The Morgan fingerprint density at radius 1 is 1.00 bits per heavy atom. The molecule has 0 fully saturated rings. The van der Waals surface area contributed by atoms with E-state index in [0.717, 1.165) is 0 Å². The number of aliphatic hydroxyl groups is 1. The van der Waals surface area contributed by atoms with E-state index < -0.39 is 28.4 Å². The summed E-state index contributed by atoms with van der Waals surface area (Å²) in [5, 5.41) is 7.59. The van der Waals surface area contributed by atoms with Crippen LogP contribution >= 0.6 is 0 Å². The molecule has 0 aromatic heterocycles. The van der Waals surface area contributed by atoms with Crippen molar-refractivity contribution < 1.29 is 27.2 Å². The molecular formula is CH8Na2O6S2. The molecule has 0 rings (SSSR count). The molecule has 0 amide bonds. The molecule has 0 aliphatic heterocycles. The maximum atomic E-state index is 9.23. The Bertz CT molecular complexity index is 103. The average Bonchev–Trinajstić information content (AvgIpc) is 1.65. The van der Waals surface area contributed by atoms with Crippen molar-refractivity contribution in [1.29, 1.82) is 0 Å². The molecule has 0 saturated heterocycles. The number of aliphatic hydroxyl groups excluding tert-OH is 1. The van der Waals surface area contributed by atoms with Crippen LogP contribution in [0.5, 0.6) is 0 Å². The molecule has 0 aliphatic rings. The summed E-state index contributed by atoms with van der Waals surface area (Å²) in [6.07, 6.45) is 0. The van der Waals surface area contributed by atoms with E-state index >= 15 is 0 Å². The van der Waals surface area contributed by atoms with Crippen molar-refractivity contribution in [2.45, 2.75) is 0 Å². The van der Waals surface area contributed by atoms with Crippen LogP contribution in [0.3, 0.4) is 0 Å². The van der Waals surface area contributed by atoms with Crippen LogP contribution in [0.4, 0.5) is 0 Å². The fraction of sp³-hybridized carbons (Fsp3) is 1.00. The molecule has 62 valence electrons.